The van der Waals surface area contributed by atoms with Gasteiger partial charge in [-0.1, -0.05) is 40.2 Å². The number of ether oxygens (including phenoxy) is 1. The normalized spacial score (nSPS) is 10.5. The van der Waals surface area contributed by atoms with Crippen molar-refractivity contribution in [1.29, 1.82) is 0 Å². The number of hydrogen-bond donors (Lipinski definition) is 1. The van der Waals surface area contributed by atoms with E-state index >= 15 is 0 Å². The molecule has 132 valence electrons. The highest BCUT2D eigenvalue weighted by Gasteiger charge is 2.11. The Kier molecular flexibility index (Phi) is 5.48. The molecule has 26 heavy (non-hydrogen) atoms. The molecule has 3 aromatic rings. The highest BCUT2D eigenvalue weighted by Crippen LogP contribution is 2.20. The van der Waals surface area contributed by atoms with Crippen molar-refractivity contribution >= 4 is 44.3 Å². The fourth-order valence-electron chi connectivity index (χ4n) is 2.34. The molecular weight excluding hydrogens is 402 g/mol. The van der Waals surface area contributed by atoms with Gasteiger partial charge in [-0.25, -0.2) is 4.79 Å². The van der Waals surface area contributed by atoms with Crippen molar-refractivity contribution in [1.82, 2.24) is 0 Å². The van der Waals surface area contributed by atoms with Crippen LogP contribution in [0.1, 0.15) is 10.4 Å². The summed E-state index contributed by atoms with van der Waals surface area (Å²) in [5, 5.41) is 3.52. The Bertz CT molecular complexity index is 1010. The third-order valence-corrected chi connectivity index (χ3v) is 4.13. The van der Waals surface area contributed by atoms with Crippen molar-refractivity contribution in [2.24, 2.45) is 0 Å². The van der Waals surface area contributed by atoms with Gasteiger partial charge in [-0.2, -0.15) is 0 Å². The van der Waals surface area contributed by atoms with Gasteiger partial charge in [0, 0.05) is 21.5 Å². The van der Waals surface area contributed by atoms with Crippen LogP contribution in [-0.2, 0) is 9.53 Å². The number of esters is 1. The second kappa shape index (κ2) is 7.97. The zero-order valence-electron chi connectivity index (χ0n) is 13.5. The Morgan fingerprint density at radius 3 is 2.58 bits per heavy atom. The van der Waals surface area contributed by atoms with Crippen molar-refractivity contribution in [2.75, 3.05) is 18.5 Å². The molecular formula is C19H14BrNO5. The van der Waals surface area contributed by atoms with Crippen LogP contribution in [0.4, 0.5) is 5.69 Å². The number of ketones is 1. The summed E-state index contributed by atoms with van der Waals surface area (Å²) in [5.41, 5.74) is 0.819. The summed E-state index contributed by atoms with van der Waals surface area (Å²) in [4.78, 5) is 35.4. The van der Waals surface area contributed by atoms with Crippen LogP contribution < -0.4 is 10.9 Å². The SMILES string of the molecule is O=C(CNc1cc(=O)oc2ccccc12)OCC(=O)c1ccc(Br)cc1. The minimum atomic E-state index is -0.604. The summed E-state index contributed by atoms with van der Waals surface area (Å²) in [6, 6.07) is 15.0. The average Bonchev–Trinajstić information content (AvgIpc) is 2.64. The van der Waals surface area contributed by atoms with Crippen molar-refractivity contribution in [3.05, 3.63) is 75.1 Å². The van der Waals surface area contributed by atoms with Crippen molar-refractivity contribution < 1.29 is 18.7 Å². The lowest BCUT2D eigenvalue weighted by molar-refractivity contribution is -0.140. The van der Waals surface area contributed by atoms with Crippen LogP contribution >= 0.6 is 15.9 Å². The molecule has 0 amide bonds. The van der Waals surface area contributed by atoms with Gasteiger partial charge in [0.05, 0.1) is 5.69 Å². The average molecular weight is 416 g/mol. The van der Waals surface area contributed by atoms with Crippen LogP contribution in [0.15, 0.2) is 68.3 Å². The van der Waals surface area contributed by atoms with Gasteiger partial charge in [0.2, 0.25) is 0 Å². The summed E-state index contributed by atoms with van der Waals surface area (Å²) >= 11 is 3.29. The number of rotatable bonds is 6. The third kappa shape index (κ3) is 4.37. The van der Waals surface area contributed by atoms with E-state index in [1.807, 2.05) is 0 Å². The molecule has 7 heteroatoms. The maximum atomic E-state index is 12.0. The number of hydrogen-bond acceptors (Lipinski definition) is 6. The molecule has 0 bridgehead atoms. The highest BCUT2D eigenvalue weighted by atomic mass is 79.9. The first kappa shape index (κ1) is 17.9. The number of fused-ring (bicyclic) bond motifs is 1. The van der Waals surface area contributed by atoms with E-state index in [-0.39, 0.29) is 18.9 Å². The van der Waals surface area contributed by atoms with E-state index in [1.165, 1.54) is 6.07 Å². The molecule has 2 aromatic carbocycles. The zero-order valence-corrected chi connectivity index (χ0v) is 15.1. The number of anilines is 1. The summed E-state index contributed by atoms with van der Waals surface area (Å²) in [6.07, 6.45) is 0. The minimum Gasteiger partial charge on any atom is -0.456 e. The first-order valence-corrected chi connectivity index (χ1v) is 8.53. The number of para-hydroxylation sites is 1. The lowest BCUT2D eigenvalue weighted by atomic mass is 10.1. The number of carbonyl (C=O) groups is 2. The Balaban J connectivity index is 1.59. The smallest absolute Gasteiger partial charge is 0.338 e. The van der Waals surface area contributed by atoms with Gasteiger partial charge in [-0.15, -0.1) is 0 Å². The van der Waals surface area contributed by atoms with E-state index in [1.54, 1.807) is 48.5 Å². The van der Waals surface area contributed by atoms with Crippen molar-refractivity contribution in [2.45, 2.75) is 0 Å². The molecule has 1 N–H and O–H groups in total. The first-order chi connectivity index (χ1) is 12.5. The highest BCUT2D eigenvalue weighted by molar-refractivity contribution is 9.10. The molecule has 0 atom stereocenters. The lowest BCUT2D eigenvalue weighted by Gasteiger charge is -2.09. The van der Waals surface area contributed by atoms with Crippen LogP contribution in [0.3, 0.4) is 0 Å². The number of Topliss-reactive ketones (excluding diaryl/α,β-unsaturated/α-hetero) is 1. The van der Waals surface area contributed by atoms with Crippen LogP contribution in [-0.4, -0.2) is 24.9 Å². The second-order valence-corrected chi connectivity index (χ2v) is 6.34. The van der Waals surface area contributed by atoms with Gasteiger partial charge in [0.25, 0.3) is 0 Å². The number of carbonyl (C=O) groups excluding carboxylic acids is 2. The van der Waals surface area contributed by atoms with Gasteiger partial charge in [-0.3, -0.25) is 9.59 Å². The molecule has 1 heterocycles. The van der Waals surface area contributed by atoms with E-state index in [9.17, 15) is 14.4 Å². The lowest BCUT2D eigenvalue weighted by Crippen LogP contribution is -2.21. The molecule has 0 aliphatic heterocycles. The van der Waals surface area contributed by atoms with Crippen LogP contribution in [0, 0.1) is 0 Å². The standard InChI is InChI=1S/C19H14BrNO5/c20-13-7-5-12(6-8-13)16(22)11-25-19(24)10-21-15-9-18(23)26-17-4-2-1-3-14(15)17/h1-9,21H,10-11H2. The van der Waals surface area contributed by atoms with E-state index in [0.717, 1.165) is 4.47 Å². The molecule has 0 fully saturated rings. The fourth-order valence-corrected chi connectivity index (χ4v) is 2.61. The molecule has 0 spiro atoms. The van der Waals surface area contributed by atoms with Crippen LogP contribution in [0.5, 0.6) is 0 Å². The molecule has 3 rings (SSSR count). The van der Waals surface area contributed by atoms with E-state index < -0.39 is 11.6 Å². The fraction of sp³-hybridized carbons (Fsp3) is 0.105. The maximum Gasteiger partial charge on any atom is 0.338 e. The molecule has 0 aliphatic rings. The zero-order chi connectivity index (χ0) is 18.5. The van der Waals surface area contributed by atoms with E-state index in [0.29, 0.717) is 22.2 Å². The van der Waals surface area contributed by atoms with Gasteiger partial charge in [-0.05, 0) is 24.3 Å². The number of nitrogens with one attached hydrogen (secondary N) is 1. The predicted octanol–water partition coefficient (Wildman–Crippen LogP) is 3.39. The van der Waals surface area contributed by atoms with Gasteiger partial charge in [0.1, 0.15) is 12.1 Å². The molecule has 0 saturated carbocycles. The van der Waals surface area contributed by atoms with Gasteiger partial charge >= 0.3 is 11.6 Å². The van der Waals surface area contributed by atoms with Gasteiger partial charge in [0.15, 0.2) is 12.4 Å². The summed E-state index contributed by atoms with van der Waals surface area (Å²) < 4.78 is 10.9. The Hall–Kier alpha value is -2.93. The molecule has 0 aliphatic carbocycles. The van der Waals surface area contributed by atoms with Gasteiger partial charge < -0.3 is 14.5 Å². The Morgan fingerprint density at radius 2 is 1.81 bits per heavy atom. The van der Waals surface area contributed by atoms with Crippen LogP contribution in [0.25, 0.3) is 11.0 Å². The van der Waals surface area contributed by atoms with E-state index in [2.05, 4.69) is 21.2 Å². The minimum absolute atomic E-state index is 0.179. The van der Waals surface area contributed by atoms with Crippen molar-refractivity contribution in [3.8, 4) is 0 Å². The quantitative estimate of drug-likeness (QED) is 0.377. The largest absolute Gasteiger partial charge is 0.456 e. The molecule has 0 radical (unpaired) electrons. The Labute approximate surface area is 156 Å². The second-order valence-electron chi connectivity index (χ2n) is 5.42. The maximum absolute atomic E-state index is 12.0. The molecule has 1 aromatic heterocycles. The molecule has 0 saturated heterocycles. The monoisotopic (exact) mass is 415 g/mol. The molecule has 6 nitrogen and oxygen atoms in total. The Morgan fingerprint density at radius 1 is 1.08 bits per heavy atom. The van der Waals surface area contributed by atoms with E-state index in [4.69, 9.17) is 9.15 Å². The number of halogens is 1. The third-order valence-electron chi connectivity index (χ3n) is 3.60. The number of benzene rings is 2. The van der Waals surface area contributed by atoms with Crippen LogP contribution in [0.2, 0.25) is 0 Å². The summed E-state index contributed by atoms with van der Waals surface area (Å²) in [6.45, 7) is -0.527. The molecule has 0 unspecified atom stereocenters. The van der Waals surface area contributed by atoms with Crippen molar-refractivity contribution in [3.63, 3.8) is 0 Å². The first-order valence-electron chi connectivity index (χ1n) is 7.74. The summed E-state index contributed by atoms with van der Waals surface area (Å²) in [5.74, 6) is -0.899. The summed E-state index contributed by atoms with van der Waals surface area (Å²) in [7, 11) is 0. The topological polar surface area (TPSA) is 85.6 Å². The predicted molar refractivity (Wildman–Crippen MR) is 100 cm³/mol.